The third kappa shape index (κ3) is 3.44. The van der Waals surface area contributed by atoms with Crippen molar-refractivity contribution in [2.75, 3.05) is 13.6 Å². The molecule has 2 rings (SSSR count). The minimum Gasteiger partial charge on any atom is -0.315 e. The SMILES string of the molecule is CNCc1cc(S(=O)(=O)NCC2(C(C)C)CC2)c(Br)s1. The van der Waals surface area contributed by atoms with Crippen LogP contribution in [-0.4, -0.2) is 22.0 Å². The molecule has 1 aromatic rings. The Hall–Kier alpha value is 0.0500. The third-order valence-electron chi connectivity index (χ3n) is 4.08. The van der Waals surface area contributed by atoms with Crippen LogP contribution in [0.25, 0.3) is 0 Å². The van der Waals surface area contributed by atoms with E-state index in [0.717, 1.165) is 17.7 Å². The Bertz CT molecular complexity index is 577. The zero-order valence-corrected chi connectivity index (χ0v) is 15.2. The van der Waals surface area contributed by atoms with Gasteiger partial charge in [0, 0.05) is 18.0 Å². The maximum Gasteiger partial charge on any atom is 0.242 e. The predicted octanol–water partition coefficient (Wildman–Crippen LogP) is 2.94. The largest absolute Gasteiger partial charge is 0.315 e. The summed E-state index contributed by atoms with van der Waals surface area (Å²) in [5.41, 5.74) is 0.170. The van der Waals surface area contributed by atoms with Crippen LogP contribution in [0.4, 0.5) is 0 Å². The lowest BCUT2D eigenvalue weighted by Gasteiger charge is -2.19. The van der Waals surface area contributed by atoms with Crippen molar-refractivity contribution in [1.82, 2.24) is 10.0 Å². The molecule has 0 amide bonds. The van der Waals surface area contributed by atoms with Gasteiger partial charge < -0.3 is 5.32 Å². The number of sulfonamides is 1. The molecule has 1 fully saturated rings. The Morgan fingerprint density at radius 1 is 1.45 bits per heavy atom. The van der Waals surface area contributed by atoms with Gasteiger partial charge >= 0.3 is 0 Å². The van der Waals surface area contributed by atoms with Gasteiger partial charge in [-0.25, -0.2) is 13.1 Å². The molecule has 1 aliphatic rings. The fourth-order valence-electron chi connectivity index (χ4n) is 2.28. The molecule has 0 aliphatic heterocycles. The van der Waals surface area contributed by atoms with Crippen molar-refractivity contribution in [1.29, 1.82) is 0 Å². The van der Waals surface area contributed by atoms with Gasteiger partial charge in [0.05, 0.1) is 3.79 Å². The van der Waals surface area contributed by atoms with E-state index in [-0.39, 0.29) is 5.41 Å². The van der Waals surface area contributed by atoms with E-state index >= 15 is 0 Å². The lowest BCUT2D eigenvalue weighted by Crippen LogP contribution is -2.32. The minimum atomic E-state index is -3.43. The normalized spacial score (nSPS) is 17.6. The number of thiophene rings is 1. The summed E-state index contributed by atoms with van der Waals surface area (Å²) in [4.78, 5) is 1.36. The lowest BCUT2D eigenvalue weighted by molar-refractivity contribution is 0.357. The van der Waals surface area contributed by atoms with E-state index in [0.29, 0.717) is 27.7 Å². The van der Waals surface area contributed by atoms with Gasteiger partial charge in [0.15, 0.2) is 0 Å². The number of rotatable bonds is 7. The van der Waals surface area contributed by atoms with E-state index in [4.69, 9.17) is 0 Å². The highest BCUT2D eigenvalue weighted by Gasteiger charge is 2.45. The molecule has 0 aromatic carbocycles. The zero-order valence-electron chi connectivity index (χ0n) is 12.0. The summed E-state index contributed by atoms with van der Waals surface area (Å²) < 4.78 is 28.3. The highest BCUT2D eigenvalue weighted by molar-refractivity contribution is 9.11. The van der Waals surface area contributed by atoms with E-state index in [1.165, 1.54) is 11.3 Å². The van der Waals surface area contributed by atoms with Gasteiger partial charge in [0.25, 0.3) is 0 Å². The smallest absolute Gasteiger partial charge is 0.242 e. The van der Waals surface area contributed by atoms with Gasteiger partial charge in [0.1, 0.15) is 4.90 Å². The molecule has 0 atom stereocenters. The molecule has 2 N–H and O–H groups in total. The number of hydrogen-bond acceptors (Lipinski definition) is 4. The molecular weight excluding hydrogens is 360 g/mol. The second-order valence-electron chi connectivity index (χ2n) is 5.72. The fourth-order valence-corrected chi connectivity index (χ4v) is 6.11. The molecule has 0 radical (unpaired) electrons. The van der Waals surface area contributed by atoms with Crippen LogP contribution in [0.15, 0.2) is 14.7 Å². The average molecular weight is 381 g/mol. The second kappa shape index (κ2) is 6.04. The molecule has 0 spiro atoms. The summed E-state index contributed by atoms with van der Waals surface area (Å²) in [6.45, 7) is 5.53. The quantitative estimate of drug-likeness (QED) is 0.764. The predicted molar refractivity (Wildman–Crippen MR) is 86.5 cm³/mol. The molecule has 0 bridgehead atoms. The lowest BCUT2D eigenvalue weighted by atomic mass is 9.93. The zero-order chi connectivity index (χ0) is 15.0. The summed E-state index contributed by atoms with van der Waals surface area (Å²) in [6.07, 6.45) is 2.23. The first kappa shape index (κ1) is 16.4. The molecule has 1 heterocycles. The van der Waals surface area contributed by atoms with Gasteiger partial charge in [-0.05, 0) is 53.2 Å². The van der Waals surface area contributed by atoms with Crippen molar-refractivity contribution >= 4 is 37.3 Å². The Morgan fingerprint density at radius 2 is 2.10 bits per heavy atom. The Morgan fingerprint density at radius 3 is 2.60 bits per heavy atom. The van der Waals surface area contributed by atoms with Crippen molar-refractivity contribution in [3.8, 4) is 0 Å². The number of nitrogens with one attached hydrogen (secondary N) is 2. The first-order valence-electron chi connectivity index (χ1n) is 6.73. The minimum absolute atomic E-state index is 0.170. The van der Waals surface area contributed by atoms with Crippen LogP contribution in [-0.2, 0) is 16.6 Å². The molecule has 20 heavy (non-hydrogen) atoms. The molecule has 0 unspecified atom stereocenters. The first-order valence-corrected chi connectivity index (χ1v) is 9.82. The Balaban J connectivity index is 2.10. The van der Waals surface area contributed by atoms with Gasteiger partial charge in [-0.2, -0.15) is 0 Å². The molecule has 7 heteroatoms. The van der Waals surface area contributed by atoms with Crippen LogP contribution in [0.5, 0.6) is 0 Å². The maximum absolute atomic E-state index is 12.4. The van der Waals surface area contributed by atoms with Crippen LogP contribution in [0.2, 0.25) is 0 Å². The summed E-state index contributed by atoms with van der Waals surface area (Å²) in [5.74, 6) is 0.510. The van der Waals surface area contributed by atoms with Gasteiger partial charge in [0.2, 0.25) is 10.0 Å². The molecule has 1 saturated carbocycles. The second-order valence-corrected chi connectivity index (χ2v) is 9.91. The first-order chi connectivity index (χ1) is 9.31. The number of hydrogen-bond donors (Lipinski definition) is 2. The highest BCUT2D eigenvalue weighted by atomic mass is 79.9. The molecule has 1 aromatic heterocycles. The van der Waals surface area contributed by atoms with E-state index in [1.54, 1.807) is 6.07 Å². The third-order valence-corrected chi connectivity index (χ3v) is 7.73. The van der Waals surface area contributed by atoms with Crippen LogP contribution in [0.1, 0.15) is 31.6 Å². The van der Waals surface area contributed by atoms with Gasteiger partial charge in [-0.3, -0.25) is 0 Å². The van der Waals surface area contributed by atoms with E-state index in [2.05, 4.69) is 39.8 Å². The van der Waals surface area contributed by atoms with Gasteiger partial charge in [-0.1, -0.05) is 13.8 Å². The van der Waals surface area contributed by atoms with Crippen LogP contribution in [0, 0.1) is 11.3 Å². The van der Waals surface area contributed by atoms with Crippen molar-refractivity contribution in [2.45, 2.75) is 38.1 Å². The average Bonchev–Trinajstić information content (AvgIpc) is 3.07. The monoisotopic (exact) mass is 380 g/mol. The van der Waals surface area contributed by atoms with E-state index in [9.17, 15) is 8.42 Å². The summed E-state index contributed by atoms with van der Waals surface area (Å²) in [6, 6.07) is 1.74. The highest BCUT2D eigenvalue weighted by Crippen LogP contribution is 2.51. The Kier molecular flexibility index (Phi) is 4.96. The standard InChI is InChI=1S/C13H21BrN2O2S2/c1-9(2)13(4-5-13)8-16-20(17,18)11-6-10(7-15-3)19-12(11)14/h6,9,15-16H,4-5,7-8H2,1-3H3. The van der Waals surface area contributed by atoms with Crippen molar-refractivity contribution in [2.24, 2.45) is 11.3 Å². The van der Waals surface area contributed by atoms with Crippen LogP contribution < -0.4 is 10.0 Å². The van der Waals surface area contributed by atoms with Crippen LogP contribution >= 0.6 is 27.3 Å². The van der Waals surface area contributed by atoms with Crippen molar-refractivity contribution in [3.05, 3.63) is 14.7 Å². The summed E-state index contributed by atoms with van der Waals surface area (Å²) in [5, 5.41) is 3.03. The fraction of sp³-hybridized carbons (Fsp3) is 0.692. The molecule has 0 saturated heterocycles. The maximum atomic E-state index is 12.4. The molecular formula is C13H21BrN2O2S2. The van der Waals surface area contributed by atoms with Crippen LogP contribution in [0.3, 0.4) is 0 Å². The molecule has 1 aliphatic carbocycles. The van der Waals surface area contributed by atoms with E-state index in [1.807, 2.05) is 7.05 Å². The topological polar surface area (TPSA) is 58.2 Å². The summed E-state index contributed by atoms with van der Waals surface area (Å²) >= 11 is 4.82. The van der Waals surface area contributed by atoms with Crippen molar-refractivity contribution in [3.63, 3.8) is 0 Å². The molecule has 4 nitrogen and oxygen atoms in total. The van der Waals surface area contributed by atoms with Crippen molar-refractivity contribution < 1.29 is 8.42 Å². The number of halogens is 1. The Labute approximate surface area is 133 Å². The molecule has 114 valence electrons. The van der Waals surface area contributed by atoms with Gasteiger partial charge in [-0.15, -0.1) is 11.3 Å². The van der Waals surface area contributed by atoms with E-state index < -0.39 is 10.0 Å². The summed E-state index contributed by atoms with van der Waals surface area (Å²) in [7, 11) is -1.58.